The molecule has 0 bridgehead atoms. The van der Waals surface area contributed by atoms with Crippen molar-refractivity contribution in [3.05, 3.63) is 29.8 Å². The van der Waals surface area contributed by atoms with E-state index in [1.165, 1.54) is 6.42 Å². The number of ether oxygens (including phenoxy) is 2. The first-order valence-electron chi connectivity index (χ1n) is 6.40. The molecule has 0 amide bonds. The summed E-state index contributed by atoms with van der Waals surface area (Å²) < 4.78 is 12.1. The highest BCUT2D eigenvalue weighted by Crippen LogP contribution is 2.44. The zero-order valence-electron chi connectivity index (χ0n) is 9.89. The van der Waals surface area contributed by atoms with E-state index in [-0.39, 0.29) is 12.7 Å². The summed E-state index contributed by atoms with van der Waals surface area (Å²) in [5, 5.41) is 9.47. The van der Waals surface area contributed by atoms with Crippen LogP contribution < -0.4 is 4.74 Å². The van der Waals surface area contributed by atoms with Crippen LogP contribution in [0.15, 0.2) is 24.3 Å². The van der Waals surface area contributed by atoms with E-state index in [0.717, 1.165) is 37.0 Å². The van der Waals surface area contributed by atoms with E-state index in [0.29, 0.717) is 0 Å². The highest BCUT2D eigenvalue weighted by atomic mass is 16.7. The number of hydrogen-bond donors (Lipinski definition) is 1. The molecule has 1 aromatic carbocycles. The number of aliphatic hydroxyl groups excluding tert-OH is 1. The Labute approximate surface area is 101 Å². The minimum Gasteiger partial charge on any atom is -0.462 e. The Hall–Kier alpha value is -1.06. The first-order valence-corrected chi connectivity index (χ1v) is 6.40. The predicted molar refractivity (Wildman–Crippen MR) is 63.8 cm³/mol. The number of hydrogen-bond acceptors (Lipinski definition) is 3. The maximum atomic E-state index is 9.47. The molecule has 2 aliphatic rings. The quantitative estimate of drug-likeness (QED) is 0.812. The third-order valence-corrected chi connectivity index (χ3v) is 3.70. The Morgan fingerprint density at radius 2 is 1.94 bits per heavy atom. The van der Waals surface area contributed by atoms with Gasteiger partial charge in [0.15, 0.2) is 0 Å². The summed E-state index contributed by atoms with van der Waals surface area (Å²) in [5.41, 5.74) is 0.964. The highest BCUT2D eigenvalue weighted by molar-refractivity contribution is 5.37. The average Bonchev–Trinajstić information content (AvgIpc) is 2.38. The lowest BCUT2D eigenvalue weighted by Gasteiger charge is -2.43. The third-order valence-electron chi connectivity index (χ3n) is 3.70. The summed E-state index contributed by atoms with van der Waals surface area (Å²) in [5.74, 6) is 0.389. The van der Waals surface area contributed by atoms with Crippen molar-refractivity contribution in [2.24, 2.45) is 0 Å². The molecule has 3 rings (SSSR count). The van der Waals surface area contributed by atoms with Gasteiger partial charge in [-0.2, -0.15) is 0 Å². The minimum absolute atomic E-state index is 0.0160. The van der Waals surface area contributed by atoms with E-state index in [1.807, 2.05) is 24.3 Å². The SMILES string of the molecule is OC[C@H]1OC2(CCCCC2)Oc2ccccc21. The lowest BCUT2D eigenvalue weighted by atomic mass is 9.92. The Kier molecular flexibility index (Phi) is 2.81. The van der Waals surface area contributed by atoms with Crippen LogP contribution in [0, 0.1) is 0 Å². The summed E-state index contributed by atoms with van der Waals surface area (Å²) in [6.07, 6.45) is 5.15. The van der Waals surface area contributed by atoms with Gasteiger partial charge in [-0.1, -0.05) is 24.6 Å². The molecule has 1 aliphatic heterocycles. The van der Waals surface area contributed by atoms with Gasteiger partial charge in [-0.3, -0.25) is 0 Å². The van der Waals surface area contributed by atoms with E-state index < -0.39 is 5.79 Å². The lowest BCUT2D eigenvalue weighted by Crippen LogP contribution is -2.45. The first kappa shape index (κ1) is 11.1. The fourth-order valence-electron chi connectivity index (χ4n) is 2.83. The molecule has 1 N–H and O–H groups in total. The molecule has 1 aromatic rings. The molecule has 0 aromatic heterocycles. The van der Waals surface area contributed by atoms with Gasteiger partial charge in [0.25, 0.3) is 0 Å². The van der Waals surface area contributed by atoms with Gasteiger partial charge in [0.1, 0.15) is 11.9 Å². The van der Waals surface area contributed by atoms with Gasteiger partial charge >= 0.3 is 0 Å². The van der Waals surface area contributed by atoms with Crippen molar-refractivity contribution < 1.29 is 14.6 Å². The molecular weight excluding hydrogens is 216 g/mol. The molecule has 1 aliphatic carbocycles. The summed E-state index contributed by atoms with van der Waals surface area (Å²) in [6.45, 7) is 0.0160. The summed E-state index contributed by atoms with van der Waals surface area (Å²) >= 11 is 0. The maximum absolute atomic E-state index is 9.47. The molecule has 17 heavy (non-hydrogen) atoms. The van der Waals surface area contributed by atoms with Crippen molar-refractivity contribution in [3.8, 4) is 5.75 Å². The second-order valence-corrected chi connectivity index (χ2v) is 4.90. The van der Waals surface area contributed by atoms with E-state index in [9.17, 15) is 5.11 Å². The molecule has 92 valence electrons. The zero-order chi connectivity index (χ0) is 11.7. The number of rotatable bonds is 1. The lowest BCUT2D eigenvalue weighted by molar-refractivity contribution is -0.250. The Bertz CT molecular complexity index is 396. The molecular formula is C14H18O3. The van der Waals surface area contributed by atoms with Crippen LogP contribution in [0.5, 0.6) is 5.75 Å². The Balaban J connectivity index is 1.94. The van der Waals surface area contributed by atoms with Crippen molar-refractivity contribution in [2.45, 2.75) is 44.0 Å². The predicted octanol–water partition coefficient (Wildman–Crippen LogP) is 2.79. The van der Waals surface area contributed by atoms with Crippen molar-refractivity contribution >= 4 is 0 Å². The summed E-state index contributed by atoms with van der Waals surface area (Å²) in [6, 6.07) is 7.85. The number of aliphatic hydroxyl groups is 1. The van der Waals surface area contributed by atoms with Gasteiger partial charge < -0.3 is 14.6 Å². The van der Waals surface area contributed by atoms with E-state index in [1.54, 1.807) is 0 Å². The standard InChI is InChI=1S/C14H18O3/c15-10-13-11-6-2-3-7-12(11)16-14(17-13)8-4-1-5-9-14/h2-3,6-7,13,15H,1,4-5,8-10H2/t13-/m1/s1. The van der Waals surface area contributed by atoms with Crippen molar-refractivity contribution in [3.63, 3.8) is 0 Å². The van der Waals surface area contributed by atoms with Gasteiger partial charge in [0, 0.05) is 18.4 Å². The first-order chi connectivity index (χ1) is 8.33. The molecule has 1 saturated carbocycles. The summed E-state index contributed by atoms with van der Waals surface area (Å²) in [7, 11) is 0. The van der Waals surface area contributed by atoms with Crippen molar-refractivity contribution in [1.29, 1.82) is 0 Å². The Morgan fingerprint density at radius 3 is 2.71 bits per heavy atom. The molecule has 1 spiro atoms. The van der Waals surface area contributed by atoms with Crippen LogP contribution in [-0.2, 0) is 4.74 Å². The fraction of sp³-hybridized carbons (Fsp3) is 0.571. The van der Waals surface area contributed by atoms with Crippen LogP contribution in [0.25, 0.3) is 0 Å². The third kappa shape index (κ3) is 1.94. The highest BCUT2D eigenvalue weighted by Gasteiger charge is 2.42. The molecule has 0 unspecified atom stereocenters. The fourth-order valence-corrected chi connectivity index (χ4v) is 2.83. The molecule has 1 heterocycles. The number of fused-ring (bicyclic) bond motifs is 1. The van der Waals surface area contributed by atoms with Crippen LogP contribution in [0.2, 0.25) is 0 Å². The monoisotopic (exact) mass is 234 g/mol. The normalized spacial score (nSPS) is 26.3. The van der Waals surface area contributed by atoms with Gasteiger partial charge in [-0.15, -0.1) is 0 Å². The summed E-state index contributed by atoms with van der Waals surface area (Å²) in [4.78, 5) is 0. The van der Waals surface area contributed by atoms with Crippen molar-refractivity contribution in [1.82, 2.24) is 0 Å². The minimum atomic E-state index is -0.486. The molecule has 3 heteroatoms. The van der Waals surface area contributed by atoms with Gasteiger partial charge in [-0.05, 0) is 18.9 Å². The largest absolute Gasteiger partial charge is 0.462 e. The Morgan fingerprint density at radius 1 is 1.18 bits per heavy atom. The molecule has 0 radical (unpaired) electrons. The van der Waals surface area contributed by atoms with E-state index in [2.05, 4.69) is 0 Å². The number of para-hydroxylation sites is 1. The second-order valence-electron chi connectivity index (χ2n) is 4.90. The van der Waals surface area contributed by atoms with Crippen LogP contribution in [0.1, 0.15) is 43.8 Å². The molecule has 1 fully saturated rings. The van der Waals surface area contributed by atoms with Gasteiger partial charge in [-0.25, -0.2) is 0 Å². The second kappa shape index (κ2) is 4.31. The van der Waals surface area contributed by atoms with Gasteiger partial charge in [0.2, 0.25) is 5.79 Å². The average molecular weight is 234 g/mol. The van der Waals surface area contributed by atoms with Crippen molar-refractivity contribution in [2.75, 3.05) is 6.61 Å². The number of benzene rings is 1. The topological polar surface area (TPSA) is 38.7 Å². The van der Waals surface area contributed by atoms with E-state index in [4.69, 9.17) is 9.47 Å². The molecule has 3 nitrogen and oxygen atoms in total. The molecule has 1 atom stereocenters. The van der Waals surface area contributed by atoms with Crippen LogP contribution in [0.4, 0.5) is 0 Å². The van der Waals surface area contributed by atoms with Crippen LogP contribution >= 0.6 is 0 Å². The van der Waals surface area contributed by atoms with Crippen LogP contribution in [-0.4, -0.2) is 17.5 Å². The van der Waals surface area contributed by atoms with E-state index >= 15 is 0 Å². The zero-order valence-corrected chi connectivity index (χ0v) is 9.89. The smallest absolute Gasteiger partial charge is 0.211 e. The van der Waals surface area contributed by atoms with Gasteiger partial charge in [0.05, 0.1) is 6.61 Å². The van der Waals surface area contributed by atoms with Crippen LogP contribution in [0.3, 0.4) is 0 Å². The maximum Gasteiger partial charge on any atom is 0.211 e. The molecule has 0 saturated heterocycles.